The summed E-state index contributed by atoms with van der Waals surface area (Å²) >= 11 is 0. The van der Waals surface area contributed by atoms with Gasteiger partial charge in [0.1, 0.15) is 5.76 Å². The molecule has 2 aromatic carbocycles. The van der Waals surface area contributed by atoms with Crippen molar-refractivity contribution in [1.29, 1.82) is 0 Å². The Kier molecular flexibility index (Phi) is 6.95. The Hall–Kier alpha value is -3.34. The summed E-state index contributed by atoms with van der Waals surface area (Å²) in [4.78, 5) is 17.6. The minimum atomic E-state index is -0.191. The van der Waals surface area contributed by atoms with E-state index in [1.165, 1.54) is 0 Å². The molecule has 31 heavy (non-hydrogen) atoms. The van der Waals surface area contributed by atoms with Crippen LogP contribution in [0.15, 0.2) is 70.9 Å². The predicted octanol–water partition coefficient (Wildman–Crippen LogP) is 5.56. The molecule has 2 aromatic rings. The second-order valence-electron chi connectivity index (χ2n) is 8.40. The average Bonchev–Trinajstić information content (AvgIpc) is 2.75. The Morgan fingerprint density at radius 2 is 1.77 bits per heavy atom. The molecule has 0 saturated heterocycles. The van der Waals surface area contributed by atoms with Crippen molar-refractivity contribution in [2.45, 2.75) is 33.2 Å². The topological polar surface area (TPSA) is 68.1 Å². The summed E-state index contributed by atoms with van der Waals surface area (Å²) in [6.07, 6.45) is 4.30. The Morgan fingerprint density at radius 1 is 1.06 bits per heavy atom. The van der Waals surface area contributed by atoms with Crippen molar-refractivity contribution in [1.82, 2.24) is 0 Å². The van der Waals surface area contributed by atoms with Gasteiger partial charge in [-0.25, -0.2) is 0 Å². The lowest BCUT2D eigenvalue weighted by Crippen LogP contribution is -2.32. The molecule has 0 unspecified atom stereocenters. The number of aliphatic hydroxyl groups is 1. The smallest absolute Gasteiger partial charge is 0.168 e. The Labute approximate surface area is 183 Å². The first kappa shape index (κ1) is 22.3. The molecule has 0 amide bonds. The number of nitrogens with zero attached hydrogens (tertiary/aromatic N) is 1. The van der Waals surface area contributed by atoms with Crippen LogP contribution in [-0.2, 0) is 11.3 Å². The molecule has 0 aromatic heterocycles. The van der Waals surface area contributed by atoms with Crippen LogP contribution in [-0.4, -0.2) is 30.8 Å². The van der Waals surface area contributed by atoms with Crippen LogP contribution in [0.4, 0.5) is 0 Å². The number of aliphatic imine (C=N–C) groups is 1. The third kappa shape index (κ3) is 5.63. The first-order valence-corrected chi connectivity index (χ1v) is 10.3. The van der Waals surface area contributed by atoms with Crippen LogP contribution in [0.1, 0.15) is 37.8 Å². The maximum Gasteiger partial charge on any atom is 0.168 e. The highest BCUT2D eigenvalue weighted by Gasteiger charge is 2.35. The molecule has 1 N–H and O–H groups in total. The van der Waals surface area contributed by atoms with Gasteiger partial charge in [-0.05, 0) is 41.2 Å². The van der Waals surface area contributed by atoms with E-state index < -0.39 is 0 Å². The van der Waals surface area contributed by atoms with Crippen molar-refractivity contribution in [2.24, 2.45) is 10.4 Å². The molecular formula is C26H29NO4. The van der Waals surface area contributed by atoms with Gasteiger partial charge in [0.05, 0.1) is 32.0 Å². The first-order chi connectivity index (χ1) is 14.8. The van der Waals surface area contributed by atoms with E-state index in [-0.39, 0.29) is 17.0 Å². The fraction of sp³-hybridized carbons (Fsp3) is 0.308. The molecule has 0 spiro atoms. The zero-order chi connectivity index (χ0) is 22.4. The Balaban J connectivity index is 1.93. The molecule has 1 fully saturated rings. The van der Waals surface area contributed by atoms with Crippen molar-refractivity contribution in [2.75, 3.05) is 14.2 Å². The fourth-order valence-electron chi connectivity index (χ4n) is 3.70. The molecule has 0 atom stereocenters. The molecule has 5 nitrogen and oxygen atoms in total. The summed E-state index contributed by atoms with van der Waals surface area (Å²) < 4.78 is 10.6. The molecule has 0 radical (unpaired) electrons. The largest absolute Gasteiger partial charge is 0.507 e. The molecule has 0 bridgehead atoms. The maximum atomic E-state index is 12.9. The van der Waals surface area contributed by atoms with E-state index in [1.54, 1.807) is 32.4 Å². The Morgan fingerprint density at radius 3 is 2.45 bits per heavy atom. The second-order valence-corrected chi connectivity index (χ2v) is 8.40. The molecule has 1 saturated carbocycles. The van der Waals surface area contributed by atoms with Crippen LogP contribution in [0.25, 0.3) is 6.08 Å². The summed E-state index contributed by atoms with van der Waals surface area (Å²) in [5, 5.41) is 10.8. The van der Waals surface area contributed by atoms with Gasteiger partial charge in [0.25, 0.3) is 0 Å². The highest BCUT2D eigenvalue weighted by atomic mass is 16.5. The third-order valence-corrected chi connectivity index (χ3v) is 5.25. The van der Waals surface area contributed by atoms with Crippen LogP contribution in [0.3, 0.4) is 0 Å². The van der Waals surface area contributed by atoms with Crippen LogP contribution in [0.5, 0.6) is 11.5 Å². The van der Waals surface area contributed by atoms with Gasteiger partial charge < -0.3 is 14.6 Å². The molecule has 0 aliphatic heterocycles. The summed E-state index contributed by atoms with van der Waals surface area (Å²) in [6, 6.07) is 15.3. The van der Waals surface area contributed by atoms with E-state index in [0.717, 1.165) is 11.1 Å². The lowest BCUT2D eigenvalue weighted by Gasteiger charge is -2.31. The number of hydrogen-bond acceptors (Lipinski definition) is 5. The quantitative estimate of drug-likeness (QED) is 0.492. The van der Waals surface area contributed by atoms with Gasteiger partial charge >= 0.3 is 0 Å². The fourth-order valence-corrected chi connectivity index (χ4v) is 3.70. The van der Waals surface area contributed by atoms with E-state index in [0.29, 0.717) is 42.2 Å². The second kappa shape index (κ2) is 9.65. The highest BCUT2D eigenvalue weighted by Crippen LogP contribution is 2.36. The molecule has 1 aliphatic carbocycles. The van der Waals surface area contributed by atoms with E-state index in [9.17, 15) is 9.90 Å². The number of hydrogen-bond donors (Lipinski definition) is 1. The number of allylic oxidation sites excluding steroid dienone is 2. The van der Waals surface area contributed by atoms with Crippen molar-refractivity contribution in [3.63, 3.8) is 0 Å². The van der Waals surface area contributed by atoms with E-state index in [2.05, 4.69) is 13.8 Å². The van der Waals surface area contributed by atoms with Crippen molar-refractivity contribution in [3.05, 3.63) is 77.1 Å². The van der Waals surface area contributed by atoms with Gasteiger partial charge in [-0.15, -0.1) is 0 Å². The van der Waals surface area contributed by atoms with Gasteiger partial charge in [0.2, 0.25) is 0 Å². The van der Waals surface area contributed by atoms with E-state index in [4.69, 9.17) is 14.5 Å². The standard InChI is InChI=1S/C26H29NO4/c1-26(2)15-20(27-17-19-8-6-5-7-9-19)25(22(29)16-26)21(28)12-10-18-11-13-23(30-3)24(14-18)31-4/h5-14,28H,15-17H2,1-4H3/b12-10+,25-21+,27-20?. The lowest BCUT2D eigenvalue weighted by molar-refractivity contribution is -0.117. The minimum absolute atomic E-state index is 0.0675. The van der Waals surface area contributed by atoms with Crippen LogP contribution in [0, 0.1) is 5.41 Å². The SMILES string of the molecule is COc1ccc(/C=C/C(O)=C2\C(=O)CC(C)(C)CC2=NCc2ccccc2)cc1OC. The van der Waals surface area contributed by atoms with Gasteiger partial charge in [-0.2, -0.15) is 0 Å². The lowest BCUT2D eigenvalue weighted by atomic mass is 9.73. The Bertz CT molecular complexity index is 1030. The number of aliphatic hydroxyl groups excluding tert-OH is 1. The van der Waals surface area contributed by atoms with Gasteiger partial charge in [-0.1, -0.05) is 56.3 Å². The number of ketones is 1. The number of Topliss-reactive ketones (excluding diaryl/α,β-unsaturated/α-hetero) is 1. The summed E-state index contributed by atoms with van der Waals surface area (Å²) in [7, 11) is 3.15. The van der Waals surface area contributed by atoms with Crippen LogP contribution < -0.4 is 9.47 Å². The average molecular weight is 420 g/mol. The van der Waals surface area contributed by atoms with Crippen molar-refractivity contribution < 1.29 is 19.4 Å². The molecule has 5 heteroatoms. The summed E-state index contributed by atoms with van der Waals surface area (Å²) in [6.45, 7) is 4.57. The number of ether oxygens (including phenoxy) is 2. The third-order valence-electron chi connectivity index (χ3n) is 5.25. The van der Waals surface area contributed by atoms with Crippen molar-refractivity contribution >= 4 is 17.6 Å². The molecule has 0 heterocycles. The monoisotopic (exact) mass is 419 g/mol. The van der Waals surface area contributed by atoms with Gasteiger partial charge in [0, 0.05) is 6.42 Å². The zero-order valence-corrected chi connectivity index (χ0v) is 18.5. The highest BCUT2D eigenvalue weighted by molar-refractivity contribution is 6.25. The predicted molar refractivity (Wildman–Crippen MR) is 124 cm³/mol. The molecule has 3 rings (SSSR count). The summed E-state index contributed by atoms with van der Waals surface area (Å²) in [5.74, 6) is 1.07. The number of carbonyl (C=O) groups excluding carboxylic acids is 1. The van der Waals surface area contributed by atoms with Gasteiger partial charge in [0.15, 0.2) is 17.3 Å². The van der Waals surface area contributed by atoms with E-state index in [1.807, 2.05) is 42.5 Å². The number of methoxy groups -OCH3 is 2. The van der Waals surface area contributed by atoms with E-state index >= 15 is 0 Å². The van der Waals surface area contributed by atoms with Crippen LogP contribution in [0.2, 0.25) is 0 Å². The molecule has 162 valence electrons. The summed E-state index contributed by atoms with van der Waals surface area (Å²) in [5.41, 5.74) is 2.65. The van der Waals surface area contributed by atoms with Gasteiger partial charge in [-0.3, -0.25) is 9.79 Å². The number of benzene rings is 2. The zero-order valence-electron chi connectivity index (χ0n) is 18.5. The maximum absolute atomic E-state index is 12.9. The number of rotatable bonds is 6. The molecule has 1 aliphatic rings. The first-order valence-electron chi connectivity index (χ1n) is 10.3. The van der Waals surface area contributed by atoms with Crippen molar-refractivity contribution in [3.8, 4) is 11.5 Å². The normalized spacial score (nSPS) is 19.0. The number of carbonyl (C=O) groups is 1. The molecular weight excluding hydrogens is 390 g/mol. The minimum Gasteiger partial charge on any atom is -0.507 e. The van der Waals surface area contributed by atoms with Crippen LogP contribution >= 0.6 is 0 Å².